The van der Waals surface area contributed by atoms with Gasteiger partial charge in [-0.25, -0.2) is 0 Å². The zero-order valence-electron chi connectivity index (χ0n) is 10.7. The first-order chi connectivity index (χ1) is 9.35. The second kappa shape index (κ2) is 5.27. The molecule has 19 heavy (non-hydrogen) atoms. The number of hydrogen-bond donors (Lipinski definition) is 2. The maximum absolute atomic E-state index is 5.82. The normalized spacial score (nSPS) is 17.0. The maximum Gasteiger partial charge on any atom is 0.315 e. The first-order valence-corrected chi connectivity index (χ1v) is 6.30. The van der Waals surface area contributed by atoms with Gasteiger partial charge >= 0.3 is 6.01 Å². The van der Waals surface area contributed by atoms with Crippen molar-refractivity contribution in [3.05, 3.63) is 35.7 Å². The summed E-state index contributed by atoms with van der Waals surface area (Å²) in [5, 5.41) is 13.9. The maximum atomic E-state index is 5.82. The lowest BCUT2D eigenvalue weighted by atomic mass is 10.1. The van der Waals surface area contributed by atoms with Crippen molar-refractivity contribution in [3.8, 4) is 5.75 Å². The Hall–Kier alpha value is -2.08. The average Bonchev–Trinajstić information content (AvgIpc) is 3.02. The average molecular weight is 260 g/mol. The molecule has 0 bridgehead atoms. The van der Waals surface area contributed by atoms with Crippen molar-refractivity contribution >= 4 is 6.01 Å². The third-order valence-electron chi connectivity index (χ3n) is 2.99. The van der Waals surface area contributed by atoms with E-state index in [0.717, 1.165) is 12.2 Å². The highest BCUT2D eigenvalue weighted by Gasteiger charge is 2.22. The summed E-state index contributed by atoms with van der Waals surface area (Å²) in [5.74, 6) is 1.54. The molecule has 1 atom stereocenters. The van der Waals surface area contributed by atoms with Crippen molar-refractivity contribution in [2.24, 2.45) is 0 Å². The van der Waals surface area contributed by atoms with Gasteiger partial charge < -0.3 is 19.8 Å². The van der Waals surface area contributed by atoms with Crippen LogP contribution in [0.15, 0.2) is 28.7 Å². The van der Waals surface area contributed by atoms with E-state index in [9.17, 15) is 0 Å². The van der Waals surface area contributed by atoms with Crippen molar-refractivity contribution in [2.75, 3.05) is 18.9 Å². The Morgan fingerprint density at radius 3 is 3.05 bits per heavy atom. The Labute approximate surface area is 111 Å². The number of hydrogen-bond acceptors (Lipinski definition) is 6. The van der Waals surface area contributed by atoms with E-state index in [1.54, 1.807) is 0 Å². The summed E-state index contributed by atoms with van der Waals surface area (Å²) >= 11 is 0. The number of aromatic nitrogens is 2. The molecular weight excluding hydrogens is 244 g/mol. The van der Waals surface area contributed by atoms with Gasteiger partial charge in [-0.05, 0) is 18.7 Å². The lowest BCUT2D eigenvalue weighted by Crippen LogP contribution is -2.24. The molecular formula is C13H16N4O2. The molecule has 1 aromatic carbocycles. The number of ether oxygens (including phenoxy) is 1. The molecule has 6 nitrogen and oxygen atoms in total. The van der Waals surface area contributed by atoms with Crippen LogP contribution in [-0.2, 0) is 13.0 Å². The zero-order valence-corrected chi connectivity index (χ0v) is 10.7. The summed E-state index contributed by atoms with van der Waals surface area (Å²) in [5.41, 5.74) is 1.25. The highest BCUT2D eigenvalue weighted by molar-refractivity contribution is 5.37. The first kappa shape index (κ1) is 12.0. The van der Waals surface area contributed by atoms with Gasteiger partial charge in [0.15, 0.2) is 0 Å². The largest absolute Gasteiger partial charge is 0.488 e. The quantitative estimate of drug-likeness (QED) is 0.841. The number of rotatable bonds is 5. The van der Waals surface area contributed by atoms with Crippen LogP contribution in [0, 0.1) is 0 Å². The molecule has 3 rings (SSSR count). The van der Waals surface area contributed by atoms with Crippen LogP contribution in [0.5, 0.6) is 5.75 Å². The molecule has 2 N–H and O–H groups in total. The Kier molecular flexibility index (Phi) is 3.33. The van der Waals surface area contributed by atoms with Crippen LogP contribution in [0.25, 0.3) is 0 Å². The summed E-state index contributed by atoms with van der Waals surface area (Å²) in [6, 6.07) is 8.53. The third kappa shape index (κ3) is 2.68. The zero-order chi connectivity index (χ0) is 13.1. The van der Waals surface area contributed by atoms with E-state index in [4.69, 9.17) is 9.15 Å². The van der Waals surface area contributed by atoms with E-state index in [1.165, 1.54) is 5.56 Å². The fourth-order valence-corrected chi connectivity index (χ4v) is 2.12. The van der Waals surface area contributed by atoms with Crippen molar-refractivity contribution in [2.45, 2.75) is 19.1 Å². The monoisotopic (exact) mass is 260 g/mol. The second-order valence-corrected chi connectivity index (χ2v) is 4.46. The molecule has 1 aromatic heterocycles. The lowest BCUT2D eigenvalue weighted by Gasteiger charge is -2.09. The Balaban J connectivity index is 1.53. The van der Waals surface area contributed by atoms with Crippen molar-refractivity contribution in [1.29, 1.82) is 0 Å². The van der Waals surface area contributed by atoms with E-state index in [2.05, 4.69) is 26.9 Å². The molecule has 2 heterocycles. The minimum absolute atomic E-state index is 0.108. The number of benzene rings is 1. The fourth-order valence-electron chi connectivity index (χ4n) is 2.12. The predicted molar refractivity (Wildman–Crippen MR) is 70.1 cm³/mol. The molecule has 0 spiro atoms. The first-order valence-electron chi connectivity index (χ1n) is 6.30. The van der Waals surface area contributed by atoms with Gasteiger partial charge in [0, 0.05) is 6.42 Å². The van der Waals surface area contributed by atoms with Gasteiger partial charge in [0.25, 0.3) is 0 Å². The molecule has 0 aliphatic carbocycles. The topological polar surface area (TPSA) is 72.2 Å². The minimum atomic E-state index is 0.108. The number of nitrogens with zero attached hydrogens (tertiary/aromatic N) is 2. The molecule has 0 saturated heterocycles. The van der Waals surface area contributed by atoms with Crippen molar-refractivity contribution < 1.29 is 9.15 Å². The molecule has 0 radical (unpaired) electrons. The highest BCUT2D eigenvalue weighted by Crippen LogP contribution is 2.28. The Morgan fingerprint density at radius 1 is 1.32 bits per heavy atom. The second-order valence-electron chi connectivity index (χ2n) is 4.46. The van der Waals surface area contributed by atoms with Crippen LogP contribution in [0.3, 0.4) is 0 Å². The van der Waals surface area contributed by atoms with E-state index in [1.807, 2.05) is 25.2 Å². The van der Waals surface area contributed by atoms with Crippen LogP contribution < -0.4 is 15.4 Å². The highest BCUT2D eigenvalue weighted by atomic mass is 16.5. The predicted octanol–water partition coefficient (Wildman–Crippen LogP) is 1.20. The van der Waals surface area contributed by atoms with E-state index in [0.29, 0.717) is 25.0 Å². The fraction of sp³-hybridized carbons (Fsp3) is 0.385. The van der Waals surface area contributed by atoms with E-state index in [-0.39, 0.29) is 6.10 Å². The summed E-state index contributed by atoms with van der Waals surface area (Å²) in [7, 11) is 1.83. The van der Waals surface area contributed by atoms with Gasteiger partial charge in [0.1, 0.15) is 11.9 Å². The number of fused-ring (bicyclic) bond motifs is 1. The molecule has 0 fully saturated rings. The SMILES string of the molecule is CNCc1nnc(NCC2Cc3ccccc3O2)o1. The lowest BCUT2D eigenvalue weighted by molar-refractivity contribution is 0.245. The molecule has 0 saturated carbocycles. The Bertz CT molecular complexity index is 530. The summed E-state index contributed by atoms with van der Waals surface area (Å²) in [6.45, 7) is 1.22. The minimum Gasteiger partial charge on any atom is -0.488 e. The van der Waals surface area contributed by atoms with Gasteiger partial charge in [-0.15, -0.1) is 5.10 Å². The van der Waals surface area contributed by atoms with Gasteiger partial charge in [-0.2, -0.15) is 0 Å². The van der Waals surface area contributed by atoms with Crippen LogP contribution in [0.1, 0.15) is 11.5 Å². The third-order valence-corrected chi connectivity index (χ3v) is 2.99. The number of para-hydroxylation sites is 1. The van der Waals surface area contributed by atoms with Gasteiger partial charge in [0.05, 0.1) is 13.1 Å². The summed E-state index contributed by atoms with van der Waals surface area (Å²) < 4.78 is 11.2. The smallest absolute Gasteiger partial charge is 0.315 e. The molecule has 1 unspecified atom stereocenters. The molecule has 1 aliphatic rings. The van der Waals surface area contributed by atoms with Crippen molar-refractivity contribution in [1.82, 2.24) is 15.5 Å². The van der Waals surface area contributed by atoms with Crippen LogP contribution in [0.2, 0.25) is 0 Å². The summed E-state index contributed by atoms with van der Waals surface area (Å²) in [4.78, 5) is 0. The standard InChI is InChI=1S/C13H16N4O2/c1-14-8-12-16-17-13(19-12)15-7-10-6-9-4-2-3-5-11(9)18-10/h2-5,10,14H,6-8H2,1H3,(H,15,17). The number of anilines is 1. The molecule has 2 aromatic rings. The van der Waals surface area contributed by atoms with E-state index >= 15 is 0 Å². The van der Waals surface area contributed by atoms with Crippen molar-refractivity contribution in [3.63, 3.8) is 0 Å². The van der Waals surface area contributed by atoms with E-state index < -0.39 is 0 Å². The van der Waals surface area contributed by atoms with Crippen LogP contribution >= 0.6 is 0 Å². The van der Waals surface area contributed by atoms with Crippen LogP contribution in [0.4, 0.5) is 6.01 Å². The molecule has 1 aliphatic heterocycles. The number of nitrogens with one attached hydrogen (secondary N) is 2. The van der Waals surface area contributed by atoms with Gasteiger partial charge in [0.2, 0.25) is 5.89 Å². The Morgan fingerprint density at radius 2 is 2.21 bits per heavy atom. The molecule has 6 heteroatoms. The summed E-state index contributed by atoms with van der Waals surface area (Å²) in [6.07, 6.45) is 1.01. The molecule has 100 valence electrons. The van der Waals surface area contributed by atoms with Gasteiger partial charge in [-0.1, -0.05) is 23.3 Å². The molecule has 0 amide bonds. The van der Waals surface area contributed by atoms with Crippen LogP contribution in [-0.4, -0.2) is 29.9 Å². The van der Waals surface area contributed by atoms with Gasteiger partial charge in [-0.3, -0.25) is 0 Å².